The van der Waals surface area contributed by atoms with E-state index in [1.165, 1.54) is 12.3 Å². The van der Waals surface area contributed by atoms with Crippen LogP contribution in [-0.4, -0.2) is 48.6 Å². The van der Waals surface area contributed by atoms with Gasteiger partial charge in [0.25, 0.3) is 0 Å². The second kappa shape index (κ2) is 7.59. The topological polar surface area (TPSA) is 54.5 Å². The molecule has 1 aromatic heterocycles. The Labute approximate surface area is 145 Å². The molecule has 1 aliphatic heterocycles. The number of rotatable bonds is 5. The minimum atomic E-state index is -4.55. The summed E-state index contributed by atoms with van der Waals surface area (Å²) in [6, 6.07) is 2.20. The Morgan fingerprint density at radius 3 is 2.60 bits per heavy atom. The number of nitrogens with zero attached hydrogens (tertiary/aromatic N) is 2. The van der Waals surface area contributed by atoms with Gasteiger partial charge in [-0.25, -0.2) is 4.98 Å². The molecule has 0 aromatic carbocycles. The molecule has 0 atom stereocenters. The average Bonchev–Trinajstić information content (AvgIpc) is 2.54. The summed E-state index contributed by atoms with van der Waals surface area (Å²) in [4.78, 5) is 18.3. The van der Waals surface area contributed by atoms with Crippen LogP contribution in [-0.2, 0) is 11.0 Å². The summed E-state index contributed by atoms with van der Waals surface area (Å²) in [6.07, 6.45) is -1.60. The smallest absolute Gasteiger partial charge is 0.421 e. The Bertz CT molecular complexity index is 597. The standard InChI is InChI=1S/C17H24F3N3O2/c1-16(2,15(24)22-12-6-9-23(3)10-7-12)11-25-14-13(17(18,19)20)5-4-8-21-14/h4-5,8,12H,6-7,9-11H2,1-3H3,(H,22,24). The van der Waals surface area contributed by atoms with Crippen molar-refractivity contribution in [3.05, 3.63) is 23.9 Å². The maximum atomic E-state index is 13.0. The van der Waals surface area contributed by atoms with Crippen molar-refractivity contribution in [2.24, 2.45) is 5.41 Å². The zero-order valence-corrected chi connectivity index (χ0v) is 14.7. The molecule has 1 N–H and O–H groups in total. The third-order valence-corrected chi connectivity index (χ3v) is 4.31. The monoisotopic (exact) mass is 359 g/mol. The van der Waals surface area contributed by atoms with E-state index in [1.54, 1.807) is 13.8 Å². The number of amides is 1. The number of hydrogen-bond donors (Lipinski definition) is 1. The van der Waals surface area contributed by atoms with Gasteiger partial charge in [0.05, 0.1) is 5.41 Å². The number of piperidine rings is 1. The number of aromatic nitrogens is 1. The molecule has 0 aliphatic carbocycles. The molecular formula is C17H24F3N3O2. The van der Waals surface area contributed by atoms with Gasteiger partial charge in [-0.05, 0) is 59.0 Å². The molecular weight excluding hydrogens is 335 g/mol. The van der Waals surface area contributed by atoms with Crippen molar-refractivity contribution < 1.29 is 22.7 Å². The summed E-state index contributed by atoms with van der Waals surface area (Å²) in [7, 11) is 2.03. The number of nitrogens with one attached hydrogen (secondary N) is 1. The molecule has 8 heteroatoms. The number of alkyl halides is 3. The highest BCUT2D eigenvalue weighted by molar-refractivity contribution is 5.82. The van der Waals surface area contributed by atoms with Gasteiger partial charge in [-0.15, -0.1) is 0 Å². The van der Waals surface area contributed by atoms with Crippen molar-refractivity contribution in [3.8, 4) is 5.88 Å². The van der Waals surface area contributed by atoms with E-state index in [1.807, 2.05) is 7.05 Å². The highest BCUT2D eigenvalue weighted by Gasteiger charge is 2.37. The Hall–Kier alpha value is -1.83. The first-order chi connectivity index (χ1) is 11.6. The van der Waals surface area contributed by atoms with Crippen LogP contribution in [0.4, 0.5) is 13.2 Å². The van der Waals surface area contributed by atoms with Crippen molar-refractivity contribution in [2.45, 2.75) is 38.9 Å². The van der Waals surface area contributed by atoms with Gasteiger partial charge in [-0.1, -0.05) is 0 Å². The fraction of sp³-hybridized carbons (Fsp3) is 0.647. The molecule has 0 bridgehead atoms. The van der Waals surface area contributed by atoms with Crippen LogP contribution in [0.25, 0.3) is 0 Å². The summed E-state index contributed by atoms with van der Waals surface area (Å²) in [6.45, 7) is 4.92. The van der Waals surface area contributed by atoms with Gasteiger partial charge in [0.15, 0.2) is 0 Å². The largest absolute Gasteiger partial charge is 0.476 e. The lowest BCUT2D eigenvalue weighted by Crippen LogP contribution is -2.49. The van der Waals surface area contributed by atoms with Crippen LogP contribution in [0.15, 0.2) is 18.3 Å². The van der Waals surface area contributed by atoms with Crippen LogP contribution in [0.1, 0.15) is 32.3 Å². The first-order valence-electron chi connectivity index (χ1n) is 8.24. The van der Waals surface area contributed by atoms with Crippen LogP contribution >= 0.6 is 0 Å². The molecule has 0 unspecified atom stereocenters. The average molecular weight is 359 g/mol. The molecule has 140 valence electrons. The van der Waals surface area contributed by atoms with Crippen molar-refractivity contribution in [1.29, 1.82) is 0 Å². The second-order valence-electron chi connectivity index (χ2n) is 7.08. The lowest BCUT2D eigenvalue weighted by Gasteiger charge is -2.32. The predicted molar refractivity (Wildman–Crippen MR) is 87.2 cm³/mol. The van der Waals surface area contributed by atoms with E-state index < -0.39 is 23.0 Å². The zero-order chi connectivity index (χ0) is 18.7. The van der Waals surface area contributed by atoms with Gasteiger partial charge in [0.2, 0.25) is 11.8 Å². The third kappa shape index (κ3) is 5.32. The number of likely N-dealkylation sites (tertiary alicyclic amines) is 1. The van der Waals surface area contributed by atoms with E-state index in [0.717, 1.165) is 32.0 Å². The summed E-state index contributed by atoms with van der Waals surface area (Å²) in [5, 5.41) is 2.97. The first kappa shape index (κ1) is 19.5. The number of carbonyl (C=O) groups is 1. The molecule has 1 saturated heterocycles. The maximum Gasteiger partial charge on any atom is 0.421 e. The first-order valence-corrected chi connectivity index (χ1v) is 8.24. The van der Waals surface area contributed by atoms with Gasteiger partial charge in [0, 0.05) is 12.2 Å². The van der Waals surface area contributed by atoms with Crippen molar-refractivity contribution in [2.75, 3.05) is 26.7 Å². The van der Waals surface area contributed by atoms with Crippen LogP contribution < -0.4 is 10.1 Å². The summed E-state index contributed by atoms with van der Waals surface area (Å²) in [5.74, 6) is -0.735. The number of hydrogen-bond acceptors (Lipinski definition) is 4. The summed E-state index contributed by atoms with van der Waals surface area (Å²) >= 11 is 0. The molecule has 1 fully saturated rings. The molecule has 0 radical (unpaired) electrons. The molecule has 2 rings (SSSR count). The van der Waals surface area contributed by atoms with E-state index in [9.17, 15) is 18.0 Å². The van der Waals surface area contributed by atoms with E-state index in [2.05, 4.69) is 15.2 Å². The highest BCUT2D eigenvalue weighted by atomic mass is 19.4. The molecule has 5 nitrogen and oxygen atoms in total. The Balaban J connectivity index is 1.96. The SMILES string of the molecule is CN1CCC(NC(=O)C(C)(C)COc2ncccc2C(F)(F)F)CC1. The number of halogens is 3. The lowest BCUT2D eigenvalue weighted by molar-refractivity contribution is -0.139. The van der Waals surface area contributed by atoms with Crippen molar-refractivity contribution in [1.82, 2.24) is 15.2 Å². The fourth-order valence-corrected chi connectivity index (χ4v) is 2.57. The van der Waals surface area contributed by atoms with E-state index in [-0.39, 0.29) is 18.6 Å². The van der Waals surface area contributed by atoms with E-state index in [4.69, 9.17) is 4.74 Å². The summed E-state index contributed by atoms with van der Waals surface area (Å²) in [5.41, 5.74) is -1.91. The maximum absolute atomic E-state index is 13.0. The minimum Gasteiger partial charge on any atom is -0.476 e. The Morgan fingerprint density at radius 1 is 1.36 bits per heavy atom. The third-order valence-electron chi connectivity index (χ3n) is 4.31. The van der Waals surface area contributed by atoms with Crippen LogP contribution in [0.3, 0.4) is 0 Å². The molecule has 2 heterocycles. The number of pyridine rings is 1. The zero-order valence-electron chi connectivity index (χ0n) is 14.7. The van der Waals surface area contributed by atoms with E-state index in [0.29, 0.717) is 0 Å². The number of ether oxygens (including phenoxy) is 1. The molecule has 1 aliphatic rings. The van der Waals surface area contributed by atoms with Crippen molar-refractivity contribution in [3.63, 3.8) is 0 Å². The molecule has 0 spiro atoms. The van der Waals surface area contributed by atoms with Crippen LogP contribution in [0, 0.1) is 5.41 Å². The Morgan fingerprint density at radius 2 is 2.00 bits per heavy atom. The normalized spacial score (nSPS) is 17.4. The quantitative estimate of drug-likeness (QED) is 0.878. The molecule has 1 aromatic rings. The van der Waals surface area contributed by atoms with Gasteiger partial charge in [-0.3, -0.25) is 4.79 Å². The minimum absolute atomic E-state index is 0.0866. The summed E-state index contributed by atoms with van der Waals surface area (Å²) < 4.78 is 44.1. The Kier molecular flexibility index (Phi) is 5.92. The van der Waals surface area contributed by atoms with E-state index >= 15 is 0 Å². The predicted octanol–water partition coefficient (Wildman–Crippen LogP) is 2.72. The number of carbonyl (C=O) groups excluding carboxylic acids is 1. The fourth-order valence-electron chi connectivity index (χ4n) is 2.57. The second-order valence-corrected chi connectivity index (χ2v) is 7.08. The molecule has 0 saturated carbocycles. The van der Waals surface area contributed by atoms with Crippen molar-refractivity contribution >= 4 is 5.91 Å². The highest BCUT2D eigenvalue weighted by Crippen LogP contribution is 2.35. The van der Waals surface area contributed by atoms with Gasteiger partial charge in [0.1, 0.15) is 12.2 Å². The van der Waals surface area contributed by atoms with Crippen LogP contribution in [0.2, 0.25) is 0 Å². The molecule has 25 heavy (non-hydrogen) atoms. The molecule has 1 amide bonds. The van der Waals surface area contributed by atoms with Gasteiger partial charge < -0.3 is 15.0 Å². The van der Waals surface area contributed by atoms with Crippen LogP contribution in [0.5, 0.6) is 5.88 Å². The van der Waals surface area contributed by atoms with Gasteiger partial charge >= 0.3 is 6.18 Å². The van der Waals surface area contributed by atoms with Gasteiger partial charge in [-0.2, -0.15) is 13.2 Å². The lowest BCUT2D eigenvalue weighted by atomic mass is 9.92.